The van der Waals surface area contributed by atoms with Gasteiger partial charge in [0, 0.05) is 11.9 Å². The summed E-state index contributed by atoms with van der Waals surface area (Å²) in [4.78, 5) is 4.58. The van der Waals surface area contributed by atoms with Crippen LogP contribution in [-0.4, -0.2) is 11.5 Å². The zero-order chi connectivity index (χ0) is 15.4. The monoisotopic (exact) mass is 287 g/mol. The standard InChI is InChI=1S/C19H17N3/c1-14(15-7-3-2-4-8-15)13-21-19-17(12-20)11-16-9-5-6-10-18(16)22-19/h2-11,14H,13H2,1H3,(H,21,22)/t14-/m1/s1. The van der Waals surface area contributed by atoms with Crippen molar-refractivity contribution in [3.05, 3.63) is 71.8 Å². The number of anilines is 1. The molecule has 0 aliphatic heterocycles. The molecular formula is C19H17N3. The molecule has 3 rings (SSSR count). The molecule has 0 aliphatic carbocycles. The molecule has 3 aromatic rings. The Morgan fingerprint density at radius 1 is 1.09 bits per heavy atom. The van der Waals surface area contributed by atoms with E-state index in [1.807, 2.05) is 48.5 Å². The van der Waals surface area contributed by atoms with Crippen LogP contribution >= 0.6 is 0 Å². The fraction of sp³-hybridized carbons (Fsp3) is 0.158. The van der Waals surface area contributed by atoms with Crippen LogP contribution in [0.2, 0.25) is 0 Å². The molecule has 1 aromatic heterocycles. The van der Waals surface area contributed by atoms with Crippen molar-refractivity contribution in [3.63, 3.8) is 0 Å². The number of fused-ring (bicyclic) bond motifs is 1. The van der Waals surface area contributed by atoms with E-state index in [0.29, 0.717) is 17.3 Å². The van der Waals surface area contributed by atoms with Crippen molar-refractivity contribution < 1.29 is 0 Å². The van der Waals surface area contributed by atoms with Crippen LogP contribution in [0.5, 0.6) is 0 Å². The Morgan fingerprint density at radius 3 is 2.59 bits per heavy atom. The Morgan fingerprint density at radius 2 is 1.82 bits per heavy atom. The molecule has 1 atom stereocenters. The third-order valence-electron chi connectivity index (χ3n) is 3.79. The summed E-state index contributed by atoms with van der Waals surface area (Å²) in [6.07, 6.45) is 0. The number of rotatable bonds is 4. The lowest BCUT2D eigenvalue weighted by Crippen LogP contribution is -2.12. The van der Waals surface area contributed by atoms with Crippen LogP contribution in [0, 0.1) is 11.3 Å². The molecular weight excluding hydrogens is 270 g/mol. The van der Waals surface area contributed by atoms with Crippen LogP contribution in [0.15, 0.2) is 60.7 Å². The van der Waals surface area contributed by atoms with E-state index in [1.54, 1.807) is 0 Å². The smallest absolute Gasteiger partial charge is 0.144 e. The quantitative estimate of drug-likeness (QED) is 0.777. The Hall–Kier alpha value is -2.86. The van der Waals surface area contributed by atoms with Gasteiger partial charge in [0.15, 0.2) is 0 Å². The molecule has 0 spiro atoms. The first-order valence-corrected chi connectivity index (χ1v) is 7.36. The average molecular weight is 287 g/mol. The number of benzene rings is 2. The highest BCUT2D eigenvalue weighted by atomic mass is 15.0. The fourth-order valence-electron chi connectivity index (χ4n) is 2.49. The second-order valence-corrected chi connectivity index (χ2v) is 5.38. The normalized spacial score (nSPS) is 11.8. The predicted octanol–water partition coefficient (Wildman–Crippen LogP) is 4.32. The number of nitrogens with one attached hydrogen (secondary N) is 1. The highest BCUT2D eigenvalue weighted by Gasteiger charge is 2.09. The SMILES string of the molecule is C[C@H](CNc1nc2ccccc2cc1C#N)c1ccccc1. The highest BCUT2D eigenvalue weighted by Crippen LogP contribution is 2.21. The number of hydrogen-bond donors (Lipinski definition) is 1. The van der Waals surface area contributed by atoms with Gasteiger partial charge in [-0.05, 0) is 23.6 Å². The van der Waals surface area contributed by atoms with Gasteiger partial charge in [-0.1, -0.05) is 55.5 Å². The van der Waals surface area contributed by atoms with Gasteiger partial charge in [0.25, 0.3) is 0 Å². The summed E-state index contributed by atoms with van der Waals surface area (Å²) in [6, 6.07) is 22.3. The number of hydrogen-bond acceptors (Lipinski definition) is 3. The third kappa shape index (κ3) is 2.91. The summed E-state index contributed by atoms with van der Waals surface area (Å²) in [5.74, 6) is 1.00. The van der Waals surface area contributed by atoms with Crippen molar-refractivity contribution >= 4 is 16.7 Å². The summed E-state index contributed by atoms with van der Waals surface area (Å²) in [6.45, 7) is 2.90. The Labute approximate surface area is 130 Å². The molecule has 1 heterocycles. The fourth-order valence-corrected chi connectivity index (χ4v) is 2.49. The zero-order valence-corrected chi connectivity index (χ0v) is 12.5. The van der Waals surface area contributed by atoms with E-state index in [9.17, 15) is 5.26 Å². The van der Waals surface area contributed by atoms with Crippen LogP contribution in [0.25, 0.3) is 10.9 Å². The Kier molecular flexibility index (Phi) is 4.02. The summed E-state index contributed by atoms with van der Waals surface area (Å²) in [7, 11) is 0. The molecule has 0 amide bonds. The van der Waals surface area contributed by atoms with Gasteiger partial charge in [-0.2, -0.15) is 5.26 Å². The zero-order valence-electron chi connectivity index (χ0n) is 12.5. The molecule has 0 bridgehead atoms. The van der Waals surface area contributed by atoms with Crippen molar-refractivity contribution in [1.29, 1.82) is 5.26 Å². The van der Waals surface area contributed by atoms with E-state index in [4.69, 9.17) is 0 Å². The van der Waals surface area contributed by atoms with E-state index in [1.165, 1.54) is 5.56 Å². The van der Waals surface area contributed by atoms with Gasteiger partial charge >= 0.3 is 0 Å². The first-order valence-electron chi connectivity index (χ1n) is 7.36. The lowest BCUT2D eigenvalue weighted by molar-refractivity contribution is 0.802. The second-order valence-electron chi connectivity index (χ2n) is 5.38. The van der Waals surface area contributed by atoms with Crippen molar-refractivity contribution in [2.45, 2.75) is 12.8 Å². The van der Waals surface area contributed by atoms with Gasteiger partial charge in [0.2, 0.25) is 0 Å². The molecule has 0 saturated heterocycles. The van der Waals surface area contributed by atoms with E-state index in [-0.39, 0.29) is 0 Å². The largest absolute Gasteiger partial charge is 0.368 e. The van der Waals surface area contributed by atoms with Gasteiger partial charge in [0.05, 0.1) is 11.1 Å². The maximum Gasteiger partial charge on any atom is 0.144 e. The van der Waals surface area contributed by atoms with E-state index >= 15 is 0 Å². The van der Waals surface area contributed by atoms with Gasteiger partial charge in [-0.25, -0.2) is 4.98 Å². The second kappa shape index (κ2) is 6.28. The van der Waals surface area contributed by atoms with E-state index in [0.717, 1.165) is 17.4 Å². The lowest BCUT2D eigenvalue weighted by atomic mass is 10.0. The van der Waals surface area contributed by atoms with E-state index < -0.39 is 0 Å². The average Bonchev–Trinajstić information content (AvgIpc) is 2.59. The molecule has 0 radical (unpaired) electrons. The minimum Gasteiger partial charge on any atom is -0.368 e. The topological polar surface area (TPSA) is 48.7 Å². The van der Waals surface area contributed by atoms with Crippen LogP contribution in [0.1, 0.15) is 24.0 Å². The van der Waals surface area contributed by atoms with Gasteiger partial charge in [-0.3, -0.25) is 0 Å². The maximum absolute atomic E-state index is 9.33. The van der Waals surface area contributed by atoms with Gasteiger partial charge in [-0.15, -0.1) is 0 Å². The number of nitrogens with zero attached hydrogens (tertiary/aromatic N) is 2. The number of pyridine rings is 1. The molecule has 22 heavy (non-hydrogen) atoms. The summed E-state index contributed by atoms with van der Waals surface area (Å²) in [5.41, 5.74) is 2.75. The van der Waals surface area contributed by atoms with Crippen molar-refractivity contribution in [2.75, 3.05) is 11.9 Å². The molecule has 108 valence electrons. The molecule has 0 fully saturated rings. The lowest BCUT2D eigenvalue weighted by Gasteiger charge is -2.14. The molecule has 0 unspecified atom stereocenters. The summed E-state index contributed by atoms with van der Waals surface area (Å²) >= 11 is 0. The van der Waals surface area contributed by atoms with Crippen molar-refractivity contribution in [2.24, 2.45) is 0 Å². The molecule has 1 N–H and O–H groups in total. The number of para-hydroxylation sites is 1. The Bertz CT molecular complexity index is 819. The van der Waals surface area contributed by atoms with Crippen molar-refractivity contribution in [1.82, 2.24) is 4.98 Å². The maximum atomic E-state index is 9.33. The van der Waals surface area contributed by atoms with Gasteiger partial charge < -0.3 is 5.32 Å². The molecule has 0 saturated carbocycles. The van der Waals surface area contributed by atoms with Crippen LogP contribution in [0.4, 0.5) is 5.82 Å². The predicted molar refractivity (Wildman–Crippen MR) is 89.8 cm³/mol. The highest BCUT2D eigenvalue weighted by molar-refractivity contribution is 5.82. The third-order valence-corrected chi connectivity index (χ3v) is 3.79. The van der Waals surface area contributed by atoms with Crippen LogP contribution < -0.4 is 5.32 Å². The first kappa shape index (κ1) is 14.1. The van der Waals surface area contributed by atoms with Crippen LogP contribution in [0.3, 0.4) is 0 Å². The van der Waals surface area contributed by atoms with E-state index in [2.05, 4.69) is 35.4 Å². The van der Waals surface area contributed by atoms with Crippen molar-refractivity contribution in [3.8, 4) is 6.07 Å². The van der Waals surface area contributed by atoms with Crippen LogP contribution in [-0.2, 0) is 0 Å². The molecule has 2 aromatic carbocycles. The Balaban J connectivity index is 1.83. The minimum absolute atomic E-state index is 0.348. The molecule has 3 heteroatoms. The molecule has 3 nitrogen and oxygen atoms in total. The summed E-state index contributed by atoms with van der Waals surface area (Å²) in [5, 5.41) is 13.6. The number of aromatic nitrogens is 1. The number of nitriles is 1. The molecule has 0 aliphatic rings. The minimum atomic E-state index is 0.348. The first-order chi connectivity index (χ1) is 10.8. The summed E-state index contributed by atoms with van der Waals surface area (Å²) < 4.78 is 0. The van der Waals surface area contributed by atoms with Gasteiger partial charge in [0.1, 0.15) is 11.9 Å².